The maximum absolute atomic E-state index is 13.1. The highest BCUT2D eigenvalue weighted by molar-refractivity contribution is 8.27. The molecule has 122 valence electrons. The zero-order chi connectivity index (χ0) is 16.4. The lowest BCUT2D eigenvalue weighted by atomic mass is 10.0. The second kappa shape index (κ2) is 7.01. The van der Waals surface area contributed by atoms with E-state index < -0.39 is 0 Å². The topological polar surface area (TPSA) is 23.6 Å². The number of rotatable bonds is 3. The van der Waals surface area contributed by atoms with Gasteiger partial charge in [-0.25, -0.2) is 4.39 Å². The predicted molar refractivity (Wildman–Crippen MR) is 96.8 cm³/mol. The lowest BCUT2D eigenvalue weighted by Crippen LogP contribution is -2.35. The molecule has 0 aromatic heterocycles. The van der Waals surface area contributed by atoms with Crippen molar-refractivity contribution in [1.82, 2.24) is 4.90 Å². The van der Waals surface area contributed by atoms with E-state index in [2.05, 4.69) is 11.8 Å². The summed E-state index contributed by atoms with van der Waals surface area (Å²) in [4.78, 5) is 17.1. The van der Waals surface area contributed by atoms with Gasteiger partial charge in [-0.05, 0) is 49.9 Å². The minimum Gasteiger partial charge on any atom is -0.373 e. The van der Waals surface area contributed by atoms with Crippen LogP contribution >= 0.6 is 24.0 Å². The molecule has 1 aromatic carbocycles. The number of thioether (sulfide) groups is 1. The Morgan fingerprint density at radius 3 is 2.78 bits per heavy atom. The van der Waals surface area contributed by atoms with Gasteiger partial charge >= 0.3 is 0 Å². The first-order chi connectivity index (χ1) is 11.1. The van der Waals surface area contributed by atoms with Crippen LogP contribution in [0.3, 0.4) is 0 Å². The normalized spacial score (nSPS) is 23.9. The van der Waals surface area contributed by atoms with Crippen LogP contribution in [0.2, 0.25) is 0 Å². The Morgan fingerprint density at radius 2 is 2.09 bits per heavy atom. The van der Waals surface area contributed by atoms with E-state index in [9.17, 15) is 9.18 Å². The monoisotopic (exact) mass is 350 g/mol. The molecule has 2 aliphatic heterocycles. The van der Waals surface area contributed by atoms with Crippen molar-refractivity contribution < 1.29 is 9.18 Å². The fourth-order valence-electron chi connectivity index (χ4n) is 3.05. The summed E-state index contributed by atoms with van der Waals surface area (Å²) in [6.45, 7) is 3.17. The molecule has 0 bridgehead atoms. The average molecular weight is 350 g/mol. The summed E-state index contributed by atoms with van der Waals surface area (Å²) in [6.07, 6.45) is 6.63. The first-order valence-corrected chi connectivity index (χ1v) is 9.12. The lowest BCUT2D eigenvalue weighted by molar-refractivity contribution is -0.113. The van der Waals surface area contributed by atoms with E-state index in [0.29, 0.717) is 21.0 Å². The van der Waals surface area contributed by atoms with Crippen molar-refractivity contribution >= 4 is 39.9 Å². The van der Waals surface area contributed by atoms with Gasteiger partial charge in [0.05, 0.1) is 10.6 Å². The number of likely N-dealkylation sites (tertiary alicyclic amines) is 1. The van der Waals surface area contributed by atoms with E-state index in [-0.39, 0.29) is 11.7 Å². The summed E-state index contributed by atoms with van der Waals surface area (Å²) < 4.78 is 13.6. The smallest absolute Gasteiger partial charge is 0.272 e. The minimum absolute atomic E-state index is 0.118. The standard InChI is InChI=1S/C17H19FN2OS2/c1-2-13-5-3-4-10-19(13)11-15-16(21)20(17(22)23-15)14-8-6-12(18)7-9-14/h6-9,11,13H,2-5,10H2,1H3/b15-11-. The Balaban J connectivity index is 1.83. The van der Waals surface area contributed by atoms with Gasteiger partial charge in [-0.3, -0.25) is 9.69 Å². The number of amides is 1. The number of halogens is 1. The molecule has 0 aliphatic carbocycles. The second-order valence-electron chi connectivity index (χ2n) is 5.77. The average Bonchev–Trinajstić information content (AvgIpc) is 2.83. The molecule has 2 aliphatic rings. The summed E-state index contributed by atoms with van der Waals surface area (Å²) in [6, 6.07) is 6.35. The zero-order valence-electron chi connectivity index (χ0n) is 13.0. The van der Waals surface area contributed by atoms with Gasteiger partial charge in [0.15, 0.2) is 4.32 Å². The van der Waals surface area contributed by atoms with Crippen molar-refractivity contribution in [2.45, 2.75) is 38.6 Å². The maximum atomic E-state index is 13.1. The molecular weight excluding hydrogens is 331 g/mol. The van der Waals surface area contributed by atoms with E-state index in [1.54, 1.807) is 12.1 Å². The van der Waals surface area contributed by atoms with E-state index in [1.165, 1.54) is 41.6 Å². The van der Waals surface area contributed by atoms with E-state index in [0.717, 1.165) is 19.4 Å². The van der Waals surface area contributed by atoms with Crippen LogP contribution in [0.25, 0.3) is 0 Å². The van der Waals surface area contributed by atoms with E-state index >= 15 is 0 Å². The highest BCUT2D eigenvalue weighted by Gasteiger charge is 2.34. The van der Waals surface area contributed by atoms with Crippen LogP contribution in [0.15, 0.2) is 35.4 Å². The van der Waals surface area contributed by atoms with Crippen LogP contribution in [0.1, 0.15) is 32.6 Å². The SMILES string of the molecule is CCC1CCCCN1/C=C1\SC(=S)N(c2ccc(F)cc2)C1=O. The Bertz CT molecular complexity index is 644. The van der Waals surface area contributed by atoms with Crippen molar-refractivity contribution in [2.75, 3.05) is 11.4 Å². The maximum Gasteiger partial charge on any atom is 0.272 e. The number of benzene rings is 1. The molecule has 23 heavy (non-hydrogen) atoms. The number of nitrogens with zero attached hydrogens (tertiary/aromatic N) is 2. The summed E-state index contributed by atoms with van der Waals surface area (Å²) in [5.74, 6) is -0.444. The highest BCUT2D eigenvalue weighted by Crippen LogP contribution is 2.36. The summed E-state index contributed by atoms with van der Waals surface area (Å²) in [5.41, 5.74) is 0.614. The summed E-state index contributed by atoms with van der Waals surface area (Å²) >= 11 is 6.67. The quantitative estimate of drug-likeness (QED) is 0.599. The number of hydrogen-bond donors (Lipinski definition) is 0. The van der Waals surface area contributed by atoms with Gasteiger partial charge in [-0.1, -0.05) is 30.9 Å². The van der Waals surface area contributed by atoms with Crippen LogP contribution < -0.4 is 4.90 Å². The Morgan fingerprint density at radius 1 is 1.35 bits per heavy atom. The van der Waals surface area contributed by atoms with Gasteiger partial charge < -0.3 is 4.90 Å². The largest absolute Gasteiger partial charge is 0.373 e. The molecule has 0 spiro atoms. The van der Waals surface area contributed by atoms with Gasteiger partial charge in [0.25, 0.3) is 5.91 Å². The third kappa shape index (κ3) is 3.43. The van der Waals surface area contributed by atoms with Crippen LogP contribution in [0, 0.1) is 5.82 Å². The van der Waals surface area contributed by atoms with Crippen LogP contribution in [-0.2, 0) is 4.79 Å². The van der Waals surface area contributed by atoms with Crippen LogP contribution in [-0.4, -0.2) is 27.7 Å². The fraction of sp³-hybridized carbons (Fsp3) is 0.412. The molecule has 2 saturated heterocycles. The first kappa shape index (κ1) is 16.5. The molecule has 3 nitrogen and oxygen atoms in total. The van der Waals surface area contributed by atoms with Gasteiger partial charge in [0, 0.05) is 18.8 Å². The Kier molecular flexibility index (Phi) is 5.02. The molecule has 2 heterocycles. The Hall–Kier alpha value is -1.40. The van der Waals surface area contributed by atoms with Crippen molar-refractivity contribution in [3.05, 3.63) is 41.2 Å². The lowest BCUT2D eigenvalue weighted by Gasteiger charge is -2.34. The Labute approximate surface area is 145 Å². The number of thiocarbonyl (C=S) groups is 1. The zero-order valence-corrected chi connectivity index (χ0v) is 14.6. The molecule has 0 radical (unpaired) electrons. The van der Waals surface area contributed by atoms with Gasteiger partial charge in [-0.15, -0.1) is 0 Å². The van der Waals surface area contributed by atoms with Crippen LogP contribution in [0.4, 0.5) is 10.1 Å². The number of piperidine rings is 1. The summed E-state index contributed by atoms with van der Waals surface area (Å²) in [7, 11) is 0. The molecular formula is C17H19FN2OS2. The highest BCUT2D eigenvalue weighted by atomic mass is 32.2. The molecule has 6 heteroatoms. The second-order valence-corrected chi connectivity index (χ2v) is 7.45. The fourth-order valence-corrected chi connectivity index (χ4v) is 4.34. The third-order valence-electron chi connectivity index (χ3n) is 4.31. The number of carbonyl (C=O) groups is 1. The molecule has 1 aromatic rings. The number of hydrogen-bond acceptors (Lipinski definition) is 4. The van der Waals surface area contributed by atoms with Crippen LogP contribution in [0.5, 0.6) is 0 Å². The molecule has 1 atom stereocenters. The van der Waals surface area contributed by atoms with E-state index in [1.807, 2.05) is 6.20 Å². The van der Waals surface area contributed by atoms with Gasteiger partial charge in [-0.2, -0.15) is 0 Å². The van der Waals surface area contributed by atoms with Crippen molar-refractivity contribution in [3.63, 3.8) is 0 Å². The summed E-state index contributed by atoms with van der Waals surface area (Å²) in [5, 5.41) is 0. The van der Waals surface area contributed by atoms with Gasteiger partial charge in [0.2, 0.25) is 0 Å². The number of carbonyl (C=O) groups excluding carboxylic acids is 1. The minimum atomic E-state index is -0.325. The molecule has 1 unspecified atom stereocenters. The molecule has 3 rings (SSSR count). The van der Waals surface area contributed by atoms with Crippen molar-refractivity contribution in [1.29, 1.82) is 0 Å². The first-order valence-electron chi connectivity index (χ1n) is 7.89. The molecule has 2 fully saturated rings. The van der Waals surface area contributed by atoms with Gasteiger partial charge in [0.1, 0.15) is 5.82 Å². The van der Waals surface area contributed by atoms with Crippen molar-refractivity contribution in [2.24, 2.45) is 0 Å². The third-order valence-corrected chi connectivity index (χ3v) is 5.60. The van der Waals surface area contributed by atoms with E-state index in [4.69, 9.17) is 12.2 Å². The molecule has 0 saturated carbocycles. The predicted octanol–water partition coefficient (Wildman–Crippen LogP) is 4.30. The van der Waals surface area contributed by atoms with Crippen molar-refractivity contribution in [3.8, 4) is 0 Å². The molecule has 1 amide bonds. The molecule has 0 N–H and O–H groups in total. The number of anilines is 1.